The van der Waals surface area contributed by atoms with Crippen molar-refractivity contribution in [2.24, 2.45) is 46.3 Å². The zero-order valence-electron chi connectivity index (χ0n) is 20.0. The average Bonchev–Trinajstić information content (AvgIpc) is 3.03. The Morgan fingerprint density at radius 3 is 2.41 bits per heavy atom. The Bertz CT molecular complexity index is 672. The van der Waals surface area contributed by atoms with Crippen LogP contribution in [-0.4, -0.2) is 11.2 Å². The maximum Gasteiger partial charge on any atom is 0.0543 e. The summed E-state index contributed by atoms with van der Waals surface area (Å²) in [7, 11) is 0. The van der Waals surface area contributed by atoms with Gasteiger partial charge in [-0.1, -0.05) is 64.8 Å². The van der Waals surface area contributed by atoms with Gasteiger partial charge >= 0.3 is 0 Å². The average molecular weight is 399 g/mol. The van der Waals surface area contributed by atoms with Crippen molar-refractivity contribution < 1.29 is 5.11 Å². The predicted molar refractivity (Wildman–Crippen MR) is 124 cm³/mol. The van der Waals surface area contributed by atoms with Crippen LogP contribution in [-0.2, 0) is 0 Å². The molecular weight excluding hydrogens is 352 g/mol. The van der Waals surface area contributed by atoms with E-state index < -0.39 is 0 Å². The summed E-state index contributed by atoms with van der Waals surface area (Å²) in [5, 5.41) is 10.2. The van der Waals surface area contributed by atoms with Gasteiger partial charge in [-0.3, -0.25) is 0 Å². The molecule has 0 radical (unpaired) electrons. The first-order valence-corrected chi connectivity index (χ1v) is 12.8. The Morgan fingerprint density at radius 2 is 1.69 bits per heavy atom. The van der Waals surface area contributed by atoms with Gasteiger partial charge in [-0.05, 0) is 104 Å². The minimum Gasteiger partial charge on any atom is -0.393 e. The maximum absolute atomic E-state index is 10.2. The second-order valence-corrected chi connectivity index (χ2v) is 12.2. The van der Waals surface area contributed by atoms with E-state index >= 15 is 0 Å². The van der Waals surface area contributed by atoms with E-state index in [2.05, 4.69) is 53.7 Å². The smallest absolute Gasteiger partial charge is 0.0543 e. The molecule has 0 spiro atoms. The lowest BCUT2D eigenvalue weighted by Gasteiger charge is -2.55. The fourth-order valence-corrected chi connectivity index (χ4v) is 8.05. The van der Waals surface area contributed by atoms with Gasteiger partial charge in [-0.2, -0.15) is 0 Å². The van der Waals surface area contributed by atoms with E-state index in [9.17, 15) is 5.11 Å². The van der Waals surface area contributed by atoms with Crippen molar-refractivity contribution in [3.05, 3.63) is 23.3 Å². The Hall–Kier alpha value is -0.560. The lowest BCUT2D eigenvalue weighted by Crippen LogP contribution is -2.45. The Balaban J connectivity index is 1.56. The van der Waals surface area contributed by atoms with E-state index in [1.54, 1.807) is 0 Å². The van der Waals surface area contributed by atoms with E-state index in [-0.39, 0.29) is 6.10 Å². The third-order valence-corrected chi connectivity index (χ3v) is 10.4. The van der Waals surface area contributed by atoms with Gasteiger partial charge in [0.2, 0.25) is 0 Å². The standard InChI is InChI=1S/C28H46O/c1-18(2)19(3)7-8-20(4)24-11-12-25-23-10-9-21-17-22(29)13-15-27(21,5)26(23)14-16-28(24,25)6/h7-8,18-22,24-25,29H,9-17H2,1-6H3/b8-7+/t19-,20-,21+,22+,24-,25+,27+,28-/m1/s1. The quantitative estimate of drug-likeness (QED) is 0.484. The molecular formula is C28H46O. The van der Waals surface area contributed by atoms with E-state index in [4.69, 9.17) is 0 Å². The van der Waals surface area contributed by atoms with E-state index in [0.717, 1.165) is 36.5 Å². The van der Waals surface area contributed by atoms with Crippen LogP contribution in [0.15, 0.2) is 23.3 Å². The number of aliphatic hydroxyl groups excluding tert-OH is 1. The van der Waals surface area contributed by atoms with Crippen molar-refractivity contribution in [1.29, 1.82) is 0 Å². The molecule has 0 aromatic rings. The predicted octanol–water partition coefficient (Wildman–Crippen LogP) is 7.55. The topological polar surface area (TPSA) is 20.2 Å². The summed E-state index contributed by atoms with van der Waals surface area (Å²) < 4.78 is 0. The van der Waals surface area contributed by atoms with Crippen LogP contribution in [0, 0.1) is 46.3 Å². The Labute approximate surface area is 180 Å². The van der Waals surface area contributed by atoms with Gasteiger partial charge in [-0.15, -0.1) is 0 Å². The Kier molecular flexibility index (Phi) is 5.86. The highest BCUT2D eigenvalue weighted by Crippen LogP contribution is 2.65. The molecule has 0 amide bonds. The van der Waals surface area contributed by atoms with Gasteiger partial charge in [-0.25, -0.2) is 0 Å². The molecule has 1 N–H and O–H groups in total. The number of hydrogen-bond donors (Lipinski definition) is 1. The minimum atomic E-state index is -0.0409. The first-order chi connectivity index (χ1) is 13.7. The van der Waals surface area contributed by atoms with E-state index in [0.29, 0.717) is 22.7 Å². The van der Waals surface area contributed by atoms with Crippen LogP contribution >= 0.6 is 0 Å². The number of aliphatic hydroxyl groups is 1. The van der Waals surface area contributed by atoms with Gasteiger partial charge in [0, 0.05) is 0 Å². The van der Waals surface area contributed by atoms with Crippen molar-refractivity contribution in [1.82, 2.24) is 0 Å². The molecule has 0 bridgehead atoms. The van der Waals surface area contributed by atoms with Crippen LogP contribution in [0.3, 0.4) is 0 Å². The molecule has 1 nitrogen and oxygen atoms in total. The molecule has 0 aromatic carbocycles. The summed E-state index contributed by atoms with van der Waals surface area (Å²) in [6.07, 6.45) is 16.5. The summed E-state index contributed by atoms with van der Waals surface area (Å²) in [5.74, 6) is 4.52. The van der Waals surface area contributed by atoms with Crippen molar-refractivity contribution >= 4 is 0 Å². The number of allylic oxidation sites excluding steroid dienone is 4. The molecule has 1 heteroatoms. The Morgan fingerprint density at radius 1 is 0.931 bits per heavy atom. The largest absolute Gasteiger partial charge is 0.393 e. The van der Waals surface area contributed by atoms with Gasteiger partial charge in [0.25, 0.3) is 0 Å². The van der Waals surface area contributed by atoms with Crippen molar-refractivity contribution in [3.8, 4) is 0 Å². The molecule has 8 atom stereocenters. The van der Waals surface area contributed by atoms with Gasteiger partial charge in [0.15, 0.2) is 0 Å². The molecule has 164 valence electrons. The molecule has 2 fully saturated rings. The van der Waals surface area contributed by atoms with Crippen LogP contribution in [0.1, 0.15) is 99.3 Å². The molecule has 0 heterocycles. The molecule has 0 unspecified atom stereocenters. The summed E-state index contributed by atoms with van der Waals surface area (Å²) in [6.45, 7) is 14.7. The van der Waals surface area contributed by atoms with Crippen LogP contribution in [0.25, 0.3) is 0 Å². The summed E-state index contributed by atoms with van der Waals surface area (Å²) in [4.78, 5) is 0. The van der Waals surface area contributed by atoms with Crippen molar-refractivity contribution in [3.63, 3.8) is 0 Å². The summed E-state index contributed by atoms with van der Waals surface area (Å²) in [6, 6.07) is 0. The van der Waals surface area contributed by atoms with Gasteiger partial charge in [0.1, 0.15) is 0 Å². The summed E-state index contributed by atoms with van der Waals surface area (Å²) in [5.41, 5.74) is 4.65. The van der Waals surface area contributed by atoms with E-state index in [1.165, 1.54) is 44.9 Å². The first kappa shape index (κ1) is 21.7. The molecule has 29 heavy (non-hydrogen) atoms. The fraction of sp³-hybridized carbons (Fsp3) is 0.857. The third kappa shape index (κ3) is 3.58. The van der Waals surface area contributed by atoms with E-state index in [1.807, 2.05) is 11.1 Å². The van der Waals surface area contributed by atoms with Crippen LogP contribution in [0.2, 0.25) is 0 Å². The molecule has 4 aliphatic carbocycles. The molecule has 4 aliphatic rings. The van der Waals surface area contributed by atoms with Crippen molar-refractivity contribution in [2.75, 3.05) is 0 Å². The lowest BCUT2D eigenvalue weighted by molar-refractivity contribution is 0.0145. The van der Waals surface area contributed by atoms with Crippen LogP contribution in [0.4, 0.5) is 0 Å². The first-order valence-electron chi connectivity index (χ1n) is 12.8. The highest BCUT2D eigenvalue weighted by Gasteiger charge is 2.55. The molecule has 2 saturated carbocycles. The second-order valence-electron chi connectivity index (χ2n) is 12.2. The van der Waals surface area contributed by atoms with Crippen molar-refractivity contribution in [2.45, 2.75) is 105 Å². The SMILES string of the molecule is CC(C)[C@H](C)/C=C/[C@@H](C)[C@H]1CC[C@H]2C3=C(CC[C@]12C)[C@@]1(C)CC[C@H](O)C[C@@H]1CC3. The lowest BCUT2D eigenvalue weighted by atomic mass is 9.50. The monoisotopic (exact) mass is 398 g/mol. The maximum atomic E-state index is 10.2. The molecule has 4 rings (SSSR count). The second kappa shape index (κ2) is 7.85. The zero-order chi connectivity index (χ0) is 21.0. The van der Waals surface area contributed by atoms with Gasteiger partial charge in [0.05, 0.1) is 6.10 Å². The fourth-order valence-electron chi connectivity index (χ4n) is 8.05. The molecule has 0 aliphatic heterocycles. The van der Waals surface area contributed by atoms with Gasteiger partial charge < -0.3 is 5.11 Å². The minimum absolute atomic E-state index is 0.0409. The molecule has 0 saturated heterocycles. The van der Waals surface area contributed by atoms with Crippen LogP contribution < -0.4 is 0 Å². The summed E-state index contributed by atoms with van der Waals surface area (Å²) >= 11 is 0. The zero-order valence-corrected chi connectivity index (χ0v) is 20.0. The highest BCUT2D eigenvalue weighted by atomic mass is 16.3. The highest BCUT2D eigenvalue weighted by molar-refractivity contribution is 5.34. The van der Waals surface area contributed by atoms with Crippen LogP contribution in [0.5, 0.6) is 0 Å². The normalized spacial score (nSPS) is 44.6. The number of hydrogen-bond acceptors (Lipinski definition) is 1. The third-order valence-electron chi connectivity index (χ3n) is 10.4. The molecule has 0 aromatic heterocycles. The number of fused-ring (bicyclic) bond motifs is 4. The number of rotatable bonds is 4.